The Balaban J connectivity index is 1.12. The molecular formula is C44H32N2O6S2. The number of fused-ring (bicyclic) bond motifs is 10. The van der Waals surface area contributed by atoms with Crippen LogP contribution in [0.25, 0.3) is 42.4 Å². The Hall–Kier alpha value is -5.32. The van der Waals surface area contributed by atoms with E-state index in [1.54, 1.807) is 48.5 Å². The van der Waals surface area contributed by atoms with Crippen molar-refractivity contribution in [2.24, 2.45) is 9.98 Å². The van der Waals surface area contributed by atoms with Crippen molar-refractivity contribution >= 4 is 54.2 Å². The highest BCUT2D eigenvalue weighted by atomic mass is 32.1. The third-order valence-corrected chi connectivity index (χ3v) is 14.2. The number of ether oxygens (including phenoxy) is 2. The molecule has 0 bridgehead atoms. The maximum atomic E-state index is 13.3. The lowest BCUT2D eigenvalue weighted by atomic mass is 9.71. The van der Waals surface area contributed by atoms with Gasteiger partial charge in [0.1, 0.15) is 32.7 Å². The van der Waals surface area contributed by atoms with Gasteiger partial charge in [-0.2, -0.15) is 0 Å². The lowest BCUT2D eigenvalue weighted by Gasteiger charge is -2.45. The standard InChI is InChI=1S/C44H32N2O6S2/c47-37-23-11-3-4-12-24(23)38(48)35(37)45-33-21-31-41(53-33)27-20-30-28(19-29(27)43(51-31)15-7-1-8-16-43)42-32(52-44(30)17-9-2-10-18-44)22-34(54-42)46-36-39(49)25-13-5-6-14-26(25)40(36)50/h3-6,11-14,19-22H,1-2,7-10,15-18H2. The molecular weight excluding hydrogens is 717 g/mol. The van der Waals surface area contributed by atoms with Gasteiger partial charge < -0.3 is 9.47 Å². The number of rotatable bonds is 2. The van der Waals surface area contributed by atoms with Crippen LogP contribution in [0, 0.1) is 0 Å². The summed E-state index contributed by atoms with van der Waals surface area (Å²) in [7, 11) is 0. The van der Waals surface area contributed by atoms with Crippen LogP contribution in [0.5, 0.6) is 11.5 Å². The normalized spacial score (nSPS) is 17.8. The monoisotopic (exact) mass is 748 g/mol. The Bertz CT molecular complexity index is 2760. The van der Waals surface area contributed by atoms with Crippen molar-refractivity contribution in [3.8, 4) is 32.4 Å². The zero-order valence-electron chi connectivity index (χ0n) is 29.2. The van der Waals surface area contributed by atoms with Gasteiger partial charge in [-0.05, 0) is 63.5 Å². The molecule has 2 aliphatic heterocycles. The van der Waals surface area contributed by atoms with Crippen LogP contribution in [0.4, 0.5) is 10.0 Å². The Morgan fingerprint density at radius 3 is 1.19 bits per heavy atom. The number of thiophene rings is 2. The number of hydrogen-bond donors (Lipinski definition) is 0. The summed E-state index contributed by atoms with van der Waals surface area (Å²) in [5.74, 6) is 1.47. The first kappa shape index (κ1) is 32.1. The van der Waals surface area contributed by atoms with E-state index in [1.807, 2.05) is 12.1 Å². The second-order valence-corrected chi connectivity index (χ2v) is 17.2. The van der Waals surface area contributed by atoms with E-state index in [1.165, 1.54) is 22.7 Å². The Morgan fingerprint density at radius 2 is 0.833 bits per heavy atom. The SMILES string of the molecule is O=c1c(=Nc2cc3c(s2)-c2cc4c(cc2C2(CCCCC2)O3)-c2sc(N=c3c(=O)c5ccccc5c3=O)cc2OC42CCCCC2)c(=O)c2ccccc12. The molecule has 4 heterocycles. The van der Waals surface area contributed by atoms with Crippen molar-refractivity contribution in [1.82, 2.24) is 0 Å². The molecule has 8 nitrogen and oxygen atoms in total. The lowest BCUT2D eigenvalue weighted by molar-refractivity contribution is 0.0206. The quantitative estimate of drug-likeness (QED) is 0.176. The fourth-order valence-corrected chi connectivity index (χ4v) is 11.5. The van der Waals surface area contributed by atoms with Crippen LogP contribution < -0.4 is 41.9 Å². The maximum Gasteiger partial charge on any atom is 0.216 e. The lowest BCUT2D eigenvalue weighted by Crippen LogP contribution is -2.40. The Kier molecular flexibility index (Phi) is 6.90. The number of benzene rings is 3. The highest BCUT2D eigenvalue weighted by Crippen LogP contribution is 2.61. The number of hydrogen-bond acceptors (Lipinski definition) is 10. The average molecular weight is 749 g/mol. The van der Waals surface area contributed by atoms with Gasteiger partial charge in [0.15, 0.2) is 10.7 Å². The molecule has 0 N–H and O–H groups in total. The summed E-state index contributed by atoms with van der Waals surface area (Å²) in [5.41, 5.74) is 1.98. The predicted octanol–water partition coefficient (Wildman–Crippen LogP) is 8.21. The highest BCUT2D eigenvalue weighted by molar-refractivity contribution is 7.20. The molecule has 0 unspecified atom stereocenters. The molecule has 11 rings (SSSR count). The topological polar surface area (TPSA) is 111 Å². The van der Waals surface area contributed by atoms with Gasteiger partial charge in [-0.15, -0.1) is 22.7 Å². The molecule has 5 aromatic carbocycles. The molecule has 2 spiro atoms. The van der Waals surface area contributed by atoms with Crippen molar-refractivity contribution in [1.29, 1.82) is 0 Å². The van der Waals surface area contributed by atoms with Crippen LogP contribution in [0.2, 0.25) is 0 Å². The minimum absolute atomic E-state index is 0.0584. The van der Waals surface area contributed by atoms with E-state index >= 15 is 0 Å². The van der Waals surface area contributed by atoms with Crippen LogP contribution in [0.1, 0.15) is 75.3 Å². The molecule has 2 aliphatic carbocycles. The van der Waals surface area contributed by atoms with E-state index < -0.39 is 11.2 Å². The predicted molar refractivity (Wildman–Crippen MR) is 212 cm³/mol. The van der Waals surface area contributed by atoms with E-state index in [4.69, 9.17) is 9.47 Å². The van der Waals surface area contributed by atoms with Crippen molar-refractivity contribution in [2.75, 3.05) is 0 Å². The van der Waals surface area contributed by atoms with Crippen LogP contribution in [0.15, 0.2) is 102 Å². The molecule has 54 heavy (non-hydrogen) atoms. The van der Waals surface area contributed by atoms with Gasteiger partial charge in [0.05, 0.1) is 9.75 Å². The van der Waals surface area contributed by atoms with Gasteiger partial charge in [0, 0.05) is 55.9 Å². The molecule has 0 atom stereocenters. The van der Waals surface area contributed by atoms with Crippen LogP contribution in [-0.2, 0) is 11.2 Å². The van der Waals surface area contributed by atoms with Crippen molar-refractivity contribution in [3.05, 3.63) is 136 Å². The van der Waals surface area contributed by atoms with Crippen LogP contribution >= 0.6 is 22.7 Å². The van der Waals surface area contributed by atoms with E-state index in [2.05, 4.69) is 22.1 Å². The summed E-state index contributed by atoms with van der Waals surface area (Å²) in [6, 6.07) is 22.2. The summed E-state index contributed by atoms with van der Waals surface area (Å²) in [6.07, 6.45) is 9.90. The summed E-state index contributed by atoms with van der Waals surface area (Å²) in [6.45, 7) is 0. The van der Waals surface area contributed by atoms with Gasteiger partial charge in [0.2, 0.25) is 21.7 Å². The fourth-order valence-electron chi connectivity index (χ4n) is 9.51. The zero-order chi connectivity index (χ0) is 36.3. The molecule has 0 radical (unpaired) electrons. The summed E-state index contributed by atoms with van der Waals surface area (Å²) in [4.78, 5) is 64.4. The second-order valence-electron chi connectivity index (χ2n) is 15.1. The second kappa shape index (κ2) is 11.6. The molecule has 2 saturated carbocycles. The van der Waals surface area contributed by atoms with Gasteiger partial charge in [0.25, 0.3) is 0 Å². The van der Waals surface area contributed by atoms with E-state index in [0.29, 0.717) is 31.5 Å². The zero-order valence-corrected chi connectivity index (χ0v) is 30.8. The van der Waals surface area contributed by atoms with E-state index in [-0.39, 0.29) is 32.4 Å². The fraction of sp³-hybridized carbons (Fsp3) is 0.273. The molecule has 2 fully saturated rings. The summed E-state index contributed by atoms with van der Waals surface area (Å²) >= 11 is 2.89. The molecule has 2 aromatic heterocycles. The van der Waals surface area contributed by atoms with Crippen molar-refractivity contribution in [2.45, 2.75) is 75.4 Å². The summed E-state index contributed by atoms with van der Waals surface area (Å²) < 4.78 is 14.1. The smallest absolute Gasteiger partial charge is 0.216 e. The first-order chi connectivity index (χ1) is 26.3. The largest absolute Gasteiger partial charge is 0.481 e. The van der Waals surface area contributed by atoms with Gasteiger partial charge in [-0.1, -0.05) is 61.4 Å². The molecule has 4 aliphatic rings. The first-order valence-electron chi connectivity index (χ1n) is 18.7. The third kappa shape index (κ3) is 4.53. The first-order valence-corrected chi connectivity index (χ1v) is 20.4. The minimum Gasteiger partial charge on any atom is -0.481 e. The third-order valence-electron chi connectivity index (χ3n) is 12.1. The maximum absolute atomic E-state index is 13.3. The van der Waals surface area contributed by atoms with E-state index in [9.17, 15) is 19.2 Å². The average Bonchev–Trinajstić information content (AvgIpc) is 3.92. The highest BCUT2D eigenvalue weighted by Gasteiger charge is 2.48. The van der Waals surface area contributed by atoms with Crippen molar-refractivity contribution < 1.29 is 9.47 Å². The number of nitrogens with zero attached hydrogens (tertiary/aromatic N) is 2. The molecule has 7 aromatic rings. The van der Waals surface area contributed by atoms with Gasteiger partial charge in [-0.3, -0.25) is 19.2 Å². The van der Waals surface area contributed by atoms with Crippen molar-refractivity contribution in [3.63, 3.8) is 0 Å². The van der Waals surface area contributed by atoms with Gasteiger partial charge in [-0.25, -0.2) is 9.98 Å². The van der Waals surface area contributed by atoms with E-state index in [0.717, 1.165) is 108 Å². The van der Waals surface area contributed by atoms with Crippen LogP contribution in [-0.4, -0.2) is 0 Å². The molecule has 0 saturated heterocycles. The molecule has 266 valence electrons. The molecule has 10 heteroatoms. The summed E-state index contributed by atoms with van der Waals surface area (Å²) in [5, 5.41) is 2.58. The van der Waals surface area contributed by atoms with Gasteiger partial charge >= 0.3 is 0 Å². The Labute approximate surface area is 315 Å². The Morgan fingerprint density at radius 1 is 0.481 bits per heavy atom. The van der Waals surface area contributed by atoms with Crippen LogP contribution in [0.3, 0.4) is 0 Å². The molecule has 0 amide bonds. The minimum atomic E-state index is -0.538.